The topological polar surface area (TPSA) is 41.4 Å². The maximum Gasteiger partial charge on any atom is 0.256 e. The molecule has 1 aliphatic heterocycles. The minimum atomic E-state index is -0.413. The van der Waals surface area contributed by atoms with Gasteiger partial charge >= 0.3 is 0 Å². The number of aromatic nitrogens is 2. The van der Waals surface area contributed by atoms with Crippen LogP contribution in [0, 0.1) is 18.7 Å². The van der Waals surface area contributed by atoms with Crippen LogP contribution in [0.1, 0.15) is 41.8 Å². The van der Waals surface area contributed by atoms with Crippen LogP contribution in [0.25, 0.3) is 16.6 Å². The average Bonchev–Trinajstić information content (AvgIpc) is 3.31. The number of hydrogen-bond donors (Lipinski definition) is 0. The zero-order valence-electron chi connectivity index (χ0n) is 19.0. The summed E-state index contributed by atoms with van der Waals surface area (Å²) in [5, 5.41) is 1.18. The molecule has 1 unspecified atom stereocenters. The number of benzene rings is 1. The van der Waals surface area contributed by atoms with Gasteiger partial charge in [-0.3, -0.25) is 9.78 Å². The molecule has 0 bridgehead atoms. The first-order valence-corrected chi connectivity index (χ1v) is 11.0. The molecule has 31 heavy (non-hydrogen) atoms. The van der Waals surface area contributed by atoms with Crippen LogP contribution in [-0.4, -0.2) is 58.5 Å². The van der Waals surface area contributed by atoms with E-state index in [1.165, 1.54) is 29.5 Å². The molecule has 0 saturated carbocycles. The zero-order valence-corrected chi connectivity index (χ0v) is 19.0. The highest BCUT2D eigenvalue weighted by Gasteiger charge is 2.25. The number of nitrogens with zero attached hydrogens (tertiary/aromatic N) is 4. The van der Waals surface area contributed by atoms with Crippen LogP contribution in [0.15, 0.2) is 36.8 Å². The van der Waals surface area contributed by atoms with Crippen molar-refractivity contribution in [3.63, 3.8) is 0 Å². The Labute approximate surface area is 183 Å². The molecule has 0 spiro atoms. The van der Waals surface area contributed by atoms with Gasteiger partial charge in [-0.25, -0.2) is 4.39 Å². The Kier molecular flexibility index (Phi) is 5.84. The summed E-state index contributed by atoms with van der Waals surface area (Å²) >= 11 is 0. The van der Waals surface area contributed by atoms with Gasteiger partial charge in [-0.2, -0.15) is 0 Å². The molecule has 5 nitrogen and oxygen atoms in total. The maximum atomic E-state index is 14.2. The maximum absolute atomic E-state index is 14.2. The lowest BCUT2D eigenvalue weighted by Crippen LogP contribution is -2.33. The molecule has 1 aliphatic rings. The SMILES string of the molecule is Cc1cncc2c1c(CC1CCN(C)C1)cn2-c1ccc(F)cc1C(=O)N(C)C(C)C. The predicted molar refractivity (Wildman–Crippen MR) is 122 cm³/mol. The van der Waals surface area contributed by atoms with E-state index in [0.717, 1.165) is 30.6 Å². The fraction of sp³-hybridized carbons (Fsp3) is 0.440. The van der Waals surface area contributed by atoms with Crippen LogP contribution in [0.4, 0.5) is 4.39 Å². The van der Waals surface area contributed by atoms with Crippen molar-refractivity contribution in [2.24, 2.45) is 5.92 Å². The summed E-state index contributed by atoms with van der Waals surface area (Å²) in [5.74, 6) is 0.00757. The first kappa shape index (κ1) is 21.5. The normalized spacial score (nSPS) is 17.1. The minimum Gasteiger partial charge on any atom is -0.339 e. The molecule has 1 saturated heterocycles. The second-order valence-electron chi connectivity index (χ2n) is 9.17. The summed E-state index contributed by atoms with van der Waals surface area (Å²) in [6.07, 6.45) is 8.02. The number of halogens is 1. The van der Waals surface area contributed by atoms with Crippen molar-refractivity contribution in [1.82, 2.24) is 19.4 Å². The third-order valence-corrected chi connectivity index (χ3v) is 6.52. The largest absolute Gasteiger partial charge is 0.339 e. The van der Waals surface area contributed by atoms with Gasteiger partial charge in [0.05, 0.1) is 23.0 Å². The van der Waals surface area contributed by atoms with E-state index < -0.39 is 5.82 Å². The Bertz CT molecular complexity index is 1120. The van der Waals surface area contributed by atoms with Crippen molar-refractivity contribution >= 4 is 16.8 Å². The molecule has 0 radical (unpaired) electrons. The number of amides is 1. The summed E-state index contributed by atoms with van der Waals surface area (Å²) < 4.78 is 16.2. The first-order chi connectivity index (χ1) is 14.8. The van der Waals surface area contributed by atoms with Crippen LogP contribution in [-0.2, 0) is 6.42 Å². The number of aryl methyl sites for hydroxylation is 1. The number of pyridine rings is 1. The van der Waals surface area contributed by atoms with Crippen LogP contribution in [0.5, 0.6) is 0 Å². The van der Waals surface area contributed by atoms with E-state index in [4.69, 9.17) is 0 Å². The number of hydrogen-bond acceptors (Lipinski definition) is 3. The fourth-order valence-corrected chi connectivity index (χ4v) is 4.61. The molecule has 3 heterocycles. The summed E-state index contributed by atoms with van der Waals surface area (Å²) in [5.41, 5.74) is 4.38. The highest BCUT2D eigenvalue weighted by molar-refractivity contribution is 5.99. The van der Waals surface area contributed by atoms with Gasteiger partial charge < -0.3 is 14.4 Å². The number of carbonyl (C=O) groups is 1. The van der Waals surface area contributed by atoms with Crippen molar-refractivity contribution in [1.29, 1.82) is 0 Å². The van der Waals surface area contributed by atoms with Crippen LogP contribution in [0.3, 0.4) is 0 Å². The number of likely N-dealkylation sites (tertiary alicyclic amines) is 1. The van der Waals surface area contributed by atoms with Crippen molar-refractivity contribution in [2.45, 2.75) is 39.7 Å². The molecule has 1 amide bonds. The second kappa shape index (κ2) is 8.42. The van der Waals surface area contributed by atoms with Crippen LogP contribution >= 0.6 is 0 Å². The quantitative estimate of drug-likeness (QED) is 0.610. The summed E-state index contributed by atoms with van der Waals surface area (Å²) in [6, 6.07) is 4.48. The van der Waals surface area contributed by atoms with Crippen molar-refractivity contribution in [3.8, 4) is 5.69 Å². The van der Waals surface area contributed by atoms with E-state index in [1.807, 2.05) is 30.8 Å². The smallest absolute Gasteiger partial charge is 0.256 e. The van der Waals surface area contributed by atoms with Crippen molar-refractivity contribution < 1.29 is 9.18 Å². The van der Waals surface area contributed by atoms with E-state index in [-0.39, 0.29) is 11.9 Å². The van der Waals surface area contributed by atoms with E-state index in [2.05, 4.69) is 30.1 Å². The number of rotatable bonds is 5. The van der Waals surface area contributed by atoms with E-state index >= 15 is 0 Å². The van der Waals surface area contributed by atoms with Gasteiger partial charge in [0.25, 0.3) is 5.91 Å². The Morgan fingerprint density at radius 1 is 1.32 bits per heavy atom. The molecule has 0 N–H and O–H groups in total. The molecule has 4 rings (SSSR count). The number of fused-ring (bicyclic) bond motifs is 1. The highest BCUT2D eigenvalue weighted by atomic mass is 19.1. The van der Waals surface area contributed by atoms with Crippen molar-refractivity contribution in [2.75, 3.05) is 27.2 Å². The molecular weight excluding hydrogens is 391 g/mol. The van der Waals surface area contributed by atoms with Gasteiger partial charge in [-0.05, 0) is 82.4 Å². The van der Waals surface area contributed by atoms with Gasteiger partial charge in [0.1, 0.15) is 5.82 Å². The van der Waals surface area contributed by atoms with Gasteiger partial charge in [0, 0.05) is 37.4 Å². The third-order valence-electron chi connectivity index (χ3n) is 6.52. The molecule has 3 aromatic rings. The molecule has 1 aromatic carbocycles. The van der Waals surface area contributed by atoms with E-state index in [0.29, 0.717) is 17.2 Å². The molecule has 6 heteroatoms. The Morgan fingerprint density at radius 2 is 2.10 bits per heavy atom. The van der Waals surface area contributed by atoms with Gasteiger partial charge in [-0.15, -0.1) is 0 Å². The summed E-state index contributed by atoms with van der Waals surface area (Å²) in [4.78, 5) is 21.6. The van der Waals surface area contributed by atoms with Gasteiger partial charge in [-0.1, -0.05) is 0 Å². The number of carbonyl (C=O) groups excluding carboxylic acids is 1. The molecule has 1 atom stereocenters. The lowest BCUT2D eigenvalue weighted by Gasteiger charge is -2.23. The third kappa shape index (κ3) is 4.09. The zero-order chi connectivity index (χ0) is 22.3. The first-order valence-electron chi connectivity index (χ1n) is 11.0. The Morgan fingerprint density at radius 3 is 2.77 bits per heavy atom. The molecule has 1 fully saturated rings. The van der Waals surface area contributed by atoms with Crippen molar-refractivity contribution in [3.05, 3.63) is 59.3 Å². The van der Waals surface area contributed by atoms with E-state index in [1.54, 1.807) is 18.0 Å². The summed E-state index contributed by atoms with van der Waals surface area (Å²) in [7, 11) is 3.92. The standard InChI is InChI=1S/C25H31FN4O/c1-16(2)29(5)25(31)21-11-20(26)6-7-22(21)30-15-19(10-18-8-9-28(4)14-18)24-17(3)12-27-13-23(24)30/h6-7,11-13,15-16,18H,8-10,14H2,1-5H3. The highest BCUT2D eigenvalue weighted by Crippen LogP contribution is 2.32. The Balaban J connectivity index is 1.86. The van der Waals surface area contributed by atoms with Crippen LogP contribution in [0.2, 0.25) is 0 Å². The fourth-order valence-electron chi connectivity index (χ4n) is 4.61. The second-order valence-corrected chi connectivity index (χ2v) is 9.17. The predicted octanol–water partition coefficient (Wildman–Crippen LogP) is 4.45. The van der Waals surface area contributed by atoms with Gasteiger partial charge in [0.15, 0.2) is 0 Å². The Hall–Kier alpha value is -2.73. The lowest BCUT2D eigenvalue weighted by molar-refractivity contribution is 0.0754. The molecule has 164 valence electrons. The van der Waals surface area contributed by atoms with Crippen LogP contribution < -0.4 is 0 Å². The molecule has 2 aromatic heterocycles. The van der Waals surface area contributed by atoms with Gasteiger partial charge in [0.2, 0.25) is 0 Å². The summed E-state index contributed by atoms with van der Waals surface area (Å²) in [6.45, 7) is 8.20. The minimum absolute atomic E-state index is 0.0175. The average molecular weight is 423 g/mol. The molecular formula is C25H31FN4O. The molecule has 0 aliphatic carbocycles. The van der Waals surface area contributed by atoms with E-state index in [9.17, 15) is 9.18 Å². The lowest BCUT2D eigenvalue weighted by atomic mass is 9.97. The monoisotopic (exact) mass is 422 g/mol.